The second-order valence-corrected chi connectivity index (χ2v) is 4.68. The number of carboxylic acids is 1. The summed E-state index contributed by atoms with van der Waals surface area (Å²) in [5.41, 5.74) is -0.988. The van der Waals surface area contributed by atoms with E-state index in [-0.39, 0.29) is 11.4 Å². The van der Waals surface area contributed by atoms with Crippen molar-refractivity contribution in [2.45, 2.75) is 19.2 Å². The quantitative estimate of drug-likeness (QED) is 0.871. The summed E-state index contributed by atoms with van der Waals surface area (Å²) in [7, 11) is 1.52. The van der Waals surface area contributed by atoms with Crippen LogP contribution in [0.4, 0.5) is 17.6 Å². The monoisotopic (exact) mass is 333 g/mol. The zero-order valence-corrected chi connectivity index (χ0v) is 11.9. The zero-order chi connectivity index (χ0) is 17.4. The van der Waals surface area contributed by atoms with E-state index in [4.69, 9.17) is 5.11 Å². The molecule has 0 bridgehead atoms. The number of aromatic nitrogens is 3. The van der Waals surface area contributed by atoms with Gasteiger partial charge in [0.15, 0.2) is 11.9 Å². The van der Waals surface area contributed by atoms with E-state index >= 15 is 0 Å². The van der Waals surface area contributed by atoms with Gasteiger partial charge in [-0.3, -0.25) is 4.68 Å². The first kappa shape index (κ1) is 16.7. The van der Waals surface area contributed by atoms with Gasteiger partial charge in [0.25, 0.3) is 0 Å². The third-order valence-corrected chi connectivity index (χ3v) is 2.90. The van der Waals surface area contributed by atoms with E-state index in [9.17, 15) is 22.4 Å². The van der Waals surface area contributed by atoms with Crippen LogP contribution >= 0.6 is 0 Å². The lowest BCUT2D eigenvalue weighted by Crippen LogP contribution is -2.31. The van der Waals surface area contributed by atoms with Crippen molar-refractivity contribution < 1.29 is 32.2 Å². The largest absolute Gasteiger partial charge is 0.480 e. The highest BCUT2D eigenvalue weighted by molar-refractivity contribution is 5.91. The molecule has 1 atom stereocenters. The van der Waals surface area contributed by atoms with Gasteiger partial charge in [-0.1, -0.05) is 0 Å². The maximum absolute atomic E-state index is 14.0. The summed E-state index contributed by atoms with van der Waals surface area (Å²) in [6.45, 7) is 0.716. The first-order valence-corrected chi connectivity index (χ1v) is 6.26. The number of alkyl halides is 3. The fourth-order valence-electron chi connectivity index (χ4n) is 1.71. The Morgan fingerprint density at radius 1 is 1.39 bits per heavy atom. The predicted molar refractivity (Wildman–Crippen MR) is 69.5 cm³/mol. The molecular formula is C13H11F4N3O3. The fourth-order valence-corrected chi connectivity index (χ4v) is 1.71. The van der Waals surface area contributed by atoms with Crippen LogP contribution in [0, 0.1) is 5.82 Å². The number of benzene rings is 1. The van der Waals surface area contributed by atoms with Gasteiger partial charge in [0.05, 0.1) is 5.56 Å². The molecule has 1 aromatic heterocycles. The minimum Gasteiger partial charge on any atom is -0.480 e. The van der Waals surface area contributed by atoms with Gasteiger partial charge in [0.1, 0.15) is 23.5 Å². The molecule has 1 aromatic carbocycles. The van der Waals surface area contributed by atoms with Crippen molar-refractivity contribution in [3.63, 3.8) is 0 Å². The van der Waals surface area contributed by atoms with Crippen LogP contribution in [0.25, 0.3) is 11.4 Å². The van der Waals surface area contributed by atoms with E-state index in [1.165, 1.54) is 18.1 Å². The van der Waals surface area contributed by atoms with Crippen LogP contribution < -0.4 is 4.74 Å². The van der Waals surface area contributed by atoms with Crippen molar-refractivity contribution in [2.24, 2.45) is 7.05 Å². The average molecular weight is 333 g/mol. The highest BCUT2D eigenvalue weighted by Gasteiger charge is 2.39. The Balaban J connectivity index is 2.52. The summed E-state index contributed by atoms with van der Waals surface area (Å²) < 4.78 is 57.7. The topological polar surface area (TPSA) is 77.2 Å². The van der Waals surface area contributed by atoms with Gasteiger partial charge in [-0.25, -0.2) is 14.2 Å². The van der Waals surface area contributed by atoms with Crippen LogP contribution in [-0.2, 0) is 7.05 Å². The SMILES string of the molecule is C[C@H](Oc1cc(-c2ncn(C)n2)c(F)cc1C(=O)O)C(F)(F)F. The molecule has 1 heterocycles. The maximum atomic E-state index is 14.0. The molecule has 0 aliphatic heterocycles. The Labute approximate surface area is 127 Å². The normalized spacial score (nSPS) is 13.0. The van der Waals surface area contributed by atoms with Crippen LogP contribution in [-0.4, -0.2) is 38.1 Å². The summed E-state index contributed by atoms with van der Waals surface area (Å²) in [4.78, 5) is 14.9. The van der Waals surface area contributed by atoms with E-state index in [0.717, 1.165) is 6.07 Å². The molecule has 1 N–H and O–H groups in total. The molecule has 10 heteroatoms. The molecular weight excluding hydrogens is 322 g/mol. The van der Waals surface area contributed by atoms with Crippen LogP contribution in [0.5, 0.6) is 5.75 Å². The summed E-state index contributed by atoms with van der Waals surface area (Å²) in [5.74, 6) is -3.33. The number of carbonyl (C=O) groups is 1. The number of hydrogen-bond donors (Lipinski definition) is 1. The molecule has 2 aromatic rings. The van der Waals surface area contributed by atoms with E-state index < -0.39 is 35.4 Å². The van der Waals surface area contributed by atoms with Gasteiger partial charge >= 0.3 is 12.1 Å². The lowest BCUT2D eigenvalue weighted by atomic mass is 10.1. The first-order valence-electron chi connectivity index (χ1n) is 6.26. The molecule has 6 nitrogen and oxygen atoms in total. The zero-order valence-electron chi connectivity index (χ0n) is 11.9. The van der Waals surface area contributed by atoms with E-state index in [1.54, 1.807) is 0 Å². The number of rotatable bonds is 4. The average Bonchev–Trinajstić information content (AvgIpc) is 2.85. The molecule has 0 aliphatic rings. The fraction of sp³-hybridized carbons (Fsp3) is 0.308. The predicted octanol–water partition coefficient (Wildman–Crippen LogP) is 2.65. The number of aryl methyl sites for hydroxylation is 1. The number of carboxylic acid groups (broad SMARTS) is 1. The van der Waals surface area contributed by atoms with Crippen molar-refractivity contribution >= 4 is 5.97 Å². The molecule has 0 fully saturated rings. The molecule has 0 amide bonds. The summed E-state index contributed by atoms with van der Waals surface area (Å²) in [6, 6.07) is 1.42. The van der Waals surface area contributed by atoms with Crippen molar-refractivity contribution in [3.8, 4) is 17.1 Å². The van der Waals surface area contributed by atoms with Crippen LogP contribution in [0.1, 0.15) is 17.3 Å². The van der Waals surface area contributed by atoms with Gasteiger partial charge in [-0.15, -0.1) is 0 Å². The Morgan fingerprint density at radius 2 is 2.04 bits per heavy atom. The van der Waals surface area contributed by atoms with Crippen LogP contribution in [0.3, 0.4) is 0 Å². The molecule has 0 saturated carbocycles. The molecule has 0 aliphatic carbocycles. The van der Waals surface area contributed by atoms with Gasteiger partial charge in [-0.05, 0) is 19.1 Å². The Hall–Kier alpha value is -2.65. The van der Waals surface area contributed by atoms with Crippen LogP contribution in [0.2, 0.25) is 0 Å². The highest BCUT2D eigenvalue weighted by Crippen LogP contribution is 2.32. The van der Waals surface area contributed by atoms with Crippen molar-refractivity contribution in [2.75, 3.05) is 0 Å². The molecule has 0 unspecified atom stereocenters. The number of aromatic carboxylic acids is 1. The molecule has 0 saturated heterocycles. The van der Waals surface area contributed by atoms with Crippen molar-refractivity contribution in [3.05, 3.63) is 29.8 Å². The second kappa shape index (κ2) is 5.86. The number of nitrogens with zero attached hydrogens (tertiary/aromatic N) is 3. The van der Waals surface area contributed by atoms with Gasteiger partial charge in [0.2, 0.25) is 0 Å². The second-order valence-electron chi connectivity index (χ2n) is 4.68. The van der Waals surface area contributed by atoms with Crippen LogP contribution in [0.15, 0.2) is 18.5 Å². The van der Waals surface area contributed by atoms with E-state index in [0.29, 0.717) is 13.0 Å². The number of ether oxygens (including phenoxy) is 1. The smallest absolute Gasteiger partial charge is 0.425 e. The third kappa shape index (κ3) is 3.58. The lowest BCUT2D eigenvalue weighted by molar-refractivity contribution is -0.189. The minimum absolute atomic E-state index is 0.105. The van der Waals surface area contributed by atoms with Crippen molar-refractivity contribution in [1.82, 2.24) is 14.8 Å². The first-order chi connectivity index (χ1) is 10.6. The Morgan fingerprint density at radius 3 is 2.52 bits per heavy atom. The molecule has 0 spiro atoms. The molecule has 124 valence electrons. The molecule has 2 rings (SSSR count). The Kier molecular flexibility index (Phi) is 4.26. The number of hydrogen-bond acceptors (Lipinski definition) is 4. The lowest BCUT2D eigenvalue weighted by Gasteiger charge is -2.19. The summed E-state index contributed by atoms with van der Waals surface area (Å²) >= 11 is 0. The van der Waals surface area contributed by atoms with E-state index in [2.05, 4.69) is 14.8 Å². The van der Waals surface area contributed by atoms with Gasteiger partial charge < -0.3 is 9.84 Å². The number of halogens is 4. The molecule has 0 radical (unpaired) electrons. The van der Waals surface area contributed by atoms with Crippen molar-refractivity contribution in [1.29, 1.82) is 0 Å². The maximum Gasteiger partial charge on any atom is 0.425 e. The third-order valence-electron chi connectivity index (χ3n) is 2.90. The summed E-state index contributed by atoms with van der Waals surface area (Å²) in [5, 5.41) is 12.8. The summed E-state index contributed by atoms with van der Waals surface area (Å²) in [6.07, 6.45) is -5.71. The Bertz CT molecular complexity index is 743. The highest BCUT2D eigenvalue weighted by atomic mass is 19.4. The molecule has 23 heavy (non-hydrogen) atoms. The minimum atomic E-state index is -4.70. The standard InChI is InChI=1S/C13H11F4N3O3/c1-6(13(15,16)17)23-10-4-7(11-18-5-20(2)19-11)9(14)3-8(10)12(21)22/h3-6H,1-2H3,(H,21,22)/t6-/m0/s1. The van der Waals surface area contributed by atoms with Gasteiger partial charge in [-0.2, -0.15) is 18.3 Å². The van der Waals surface area contributed by atoms with Gasteiger partial charge in [0, 0.05) is 7.05 Å². The van der Waals surface area contributed by atoms with E-state index in [1.807, 2.05) is 0 Å².